The Morgan fingerprint density at radius 1 is 0.611 bits per heavy atom. The van der Waals surface area contributed by atoms with E-state index in [1.807, 2.05) is 0 Å². The summed E-state index contributed by atoms with van der Waals surface area (Å²) < 4.78 is 11.2. The molecule has 180 valence electrons. The number of aromatic carboxylic acids is 2. The smallest absolute Gasteiger partial charge is 0.355 e. The number of carbonyl (C=O) groups is 3. The number of nitrogens with zero attached hydrogens (tertiary/aromatic N) is 2. The summed E-state index contributed by atoms with van der Waals surface area (Å²) in [6.07, 6.45) is 2.60. The SMILES string of the molecule is O=C(N/N=C\c1ccc(-c2ccc(C(=O)O)cc2)o1)N/N=C/c1ccc(-c2ccc(C(=O)O)cc2)o1. The number of carboxylic acids is 2. The highest BCUT2D eigenvalue weighted by atomic mass is 16.4. The van der Waals surface area contributed by atoms with Crippen molar-refractivity contribution in [2.75, 3.05) is 0 Å². The lowest BCUT2D eigenvalue weighted by Gasteiger charge is -1.98. The topological polar surface area (TPSA) is 167 Å². The Morgan fingerprint density at radius 2 is 1.00 bits per heavy atom. The Hall–Kier alpha value is -5.45. The van der Waals surface area contributed by atoms with E-state index in [1.165, 1.54) is 36.7 Å². The second-order valence-electron chi connectivity index (χ2n) is 7.24. The fourth-order valence-corrected chi connectivity index (χ4v) is 3.04. The molecule has 11 heteroatoms. The fourth-order valence-electron chi connectivity index (χ4n) is 3.04. The predicted molar refractivity (Wildman–Crippen MR) is 129 cm³/mol. The van der Waals surface area contributed by atoms with Gasteiger partial charge in [-0.15, -0.1) is 0 Å². The lowest BCUT2D eigenvalue weighted by Crippen LogP contribution is -2.28. The molecule has 0 saturated heterocycles. The lowest BCUT2D eigenvalue weighted by atomic mass is 10.1. The summed E-state index contributed by atoms with van der Waals surface area (Å²) in [7, 11) is 0. The lowest BCUT2D eigenvalue weighted by molar-refractivity contribution is 0.0686. The number of urea groups is 1. The largest absolute Gasteiger partial charge is 0.478 e. The summed E-state index contributed by atoms with van der Waals surface area (Å²) >= 11 is 0. The van der Waals surface area contributed by atoms with E-state index in [4.69, 9.17) is 19.0 Å². The number of carboxylic acid groups (broad SMARTS) is 2. The first-order valence-corrected chi connectivity index (χ1v) is 10.4. The Morgan fingerprint density at radius 3 is 1.36 bits per heavy atom. The third kappa shape index (κ3) is 5.91. The molecule has 0 aliphatic heterocycles. The van der Waals surface area contributed by atoms with Gasteiger partial charge in [-0.2, -0.15) is 10.2 Å². The van der Waals surface area contributed by atoms with Gasteiger partial charge in [0.15, 0.2) is 0 Å². The third-order valence-electron chi connectivity index (χ3n) is 4.80. The van der Waals surface area contributed by atoms with Gasteiger partial charge in [-0.1, -0.05) is 24.3 Å². The van der Waals surface area contributed by atoms with Crippen molar-refractivity contribution in [3.8, 4) is 22.6 Å². The van der Waals surface area contributed by atoms with Gasteiger partial charge in [-0.05, 0) is 48.5 Å². The van der Waals surface area contributed by atoms with Crippen LogP contribution in [0.25, 0.3) is 22.6 Å². The summed E-state index contributed by atoms with van der Waals surface area (Å²) in [4.78, 5) is 33.7. The number of carbonyl (C=O) groups excluding carboxylic acids is 1. The zero-order chi connectivity index (χ0) is 25.5. The number of rotatable bonds is 8. The molecule has 2 aromatic carbocycles. The Bertz CT molecular complexity index is 1340. The van der Waals surface area contributed by atoms with E-state index in [-0.39, 0.29) is 11.1 Å². The van der Waals surface area contributed by atoms with E-state index in [0.29, 0.717) is 34.2 Å². The van der Waals surface area contributed by atoms with Crippen molar-refractivity contribution in [3.05, 3.63) is 95.4 Å². The number of hydrazone groups is 2. The highest BCUT2D eigenvalue weighted by Gasteiger charge is 2.08. The Kier molecular flexibility index (Phi) is 7.01. The first kappa shape index (κ1) is 23.7. The van der Waals surface area contributed by atoms with Crippen molar-refractivity contribution in [2.24, 2.45) is 10.2 Å². The van der Waals surface area contributed by atoms with E-state index >= 15 is 0 Å². The molecule has 0 spiro atoms. The molecule has 2 amide bonds. The number of amides is 2. The molecular formula is C25H18N4O7. The second kappa shape index (κ2) is 10.7. The van der Waals surface area contributed by atoms with Gasteiger partial charge in [-0.25, -0.2) is 25.2 Å². The molecule has 0 aliphatic rings. The minimum Gasteiger partial charge on any atom is -0.478 e. The maximum Gasteiger partial charge on any atom is 0.355 e. The van der Waals surface area contributed by atoms with Crippen LogP contribution in [-0.4, -0.2) is 40.6 Å². The number of hydrogen-bond acceptors (Lipinski definition) is 7. The minimum absolute atomic E-state index is 0.171. The van der Waals surface area contributed by atoms with Crippen molar-refractivity contribution < 1.29 is 33.4 Å². The second-order valence-corrected chi connectivity index (χ2v) is 7.24. The zero-order valence-corrected chi connectivity index (χ0v) is 18.4. The summed E-state index contributed by atoms with van der Waals surface area (Å²) in [5.41, 5.74) is 6.19. The Labute approximate surface area is 203 Å². The first-order chi connectivity index (χ1) is 17.4. The van der Waals surface area contributed by atoms with Gasteiger partial charge in [0.1, 0.15) is 23.0 Å². The van der Waals surface area contributed by atoms with Crippen LogP contribution in [0.4, 0.5) is 4.79 Å². The summed E-state index contributed by atoms with van der Waals surface area (Å²) in [6.45, 7) is 0. The highest BCUT2D eigenvalue weighted by molar-refractivity contribution is 5.89. The standard InChI is InChI=1S/C25H18N4O7/c30-23(31)17-5-1-15(2-6-17)21-11-9-19(35-21)13-26-28-25(34)29-27-14-20-10-12-22(36-20)16-3-7-18(8-4-16)24(32)33/h1-14H,(H,30,31)(H,32,33)(H2,28,29,34)/b26-13-,27-14+. The Balaban J connectivity index is 1.26. The van der Waals surface area contributed by atoms with E-state index in [0.717, 1.165) is 0 Å². The van der Waals surface area contributed by atoms with Crippen LogP contribution in [0.5, 0.6) is 0 Å². The zero-order valence-electron chi connectivity index (χ0n) is 18.4. The average Bonchev–Trinajstić information content (AvgIpc) is 3.54. The molecule has 4 aromatic rings. The van der Waals surface area contributed by atoms with Gasteiger partial charge < -0.3 is 19.0 Å². The molecule has 4 rings (SSSR count). The molecular weight excluding hydrogens is 468 g/mol. The maximum absolute atomic E-state index is 11.8. The third-order valence-corrected chi connectivity index (χ3v) is 4.80. The van der Waals surface area contributed by atoms with Gasteiger partial charge in [-0.3, -0.25) is 0 Å². The van der Waals surface area contributed by atoms with Crippen molar-refractivity contribution >= 4 is 30.4 Å². The van der Waals surface area contributed by atoms with Crippen molar-refractivity contribution in [1.29, 1.82) is 0 Å². The molecule has 0 bridgehead atoms. The van der Waals surface area contributed by atoms with Gasteiger partial charge >= 0.3 is 18.0 Å². The molecule has 0 atom stereocenters. The molecule has 4 N–H and O–H groups in total. The molecule has 0 aliphatic carbocycles. The van der Waals surface area contributed by atoms with Crippen LogP contribution in [-0.2, 0) is 0 Å². The van der Waals surface area contributed by atoms with E-state index < -0.39 is 18.0 Å². The molecule has 2 heterocycles. The molecule has 2 aromatic heterocycles. The normalized spacial score (nSPS) is 11.1. The summed E-state index contributed by atoms with van der Waals surface area (Å²) in [5.74, 6) is -0.259. The van der Waals surface area contributed by atoms with Crippen molar-refractivity contribution in [2.45, 2.75) is 0 Å². The van der Waals surface area contributed by atoms with E-state index in [2.05, 4.69) is 21.1 Å². The van der Waals surface area contributed by atoms with Gasteiger partial charge in [0, 0.05) is 11.1 Å². The van der Waals surface area contributed by atoms with Crippen LogP contribution in [0.1, 0.15) is 32.2 Å². The first-order valence-electron chi connectivity index (χ1n) is 10.4. The quantitative estimate of drug-likeness (QED) is 0.213. The number of furan rings is 2. The summed E-state index contributed by atoms with van der Waals surface area (Å²) in [6, 6.07) is 18.4. The predicted octanol–water partition coefficient (Wildman–Crippen LogP) is 4.27. The van der Waals surface area contributed by atoms with Gasteiger partial charge in [0.05, 0.1) is 23.6 Å². The van der Waals surface area contributed by atoms with Crippen LogP contribution in [0.2, 0.25) is 0 Å². The van der Waals surface area contributed by atoms with Gasteiger partial charge in [0.25, 0.3) is 0 Å². The van der Waals surface area contributed by atoms with Crippen LogP contribution in [0.3, 0.4) is 0 Å². The minimum atomic E-state index is -1.01. The summed E-state index contributed by atoms with van der Waals surface area (Å²) in [5, 5.41) is 25.5. The van der Waals surface area contributed by atoms with E-state index in [1.54, 1.807) is 48.5 Å². The average molecular weight is 486 g/mol. The molecule has 0 radical (unpaired) electrons. The molecule has 0 unspecified atom stereocenters. The maximum atomic E-state index is 11.8. The monoisotopic (exact) mass is 486 g/mol. The molecule has 0 saturated carbocycles. The number of nitrogens with one attached hydrogen (secondary N) is 2. The fraction of sp³-hybridized carbons (Fsp3) is 0. The van der Waals surface area contributed by atoms with Crippen molar-refractivity contribution in [3.63, 3.8) is 0 Å². The van der Waals surface area contributed by atoms with Crippen LogP contribution < -0.4 is 10.9 Å². The molecule has 11 nitrogen and oxygen atoms in total. The van der Waals surface area contributed by atoms with Crippen LogP contribution in [0, 0.1) is 0 Å². The van der Waals surface area contributed by atoms with Crippen LogP contribution >= 0.6 is 0 Å². The van der Waals surface area contributed by atoms with Crippen LogP contribution in [0.15, 0.2) is 91.8 Å². The highest BCUT2D eigenvalue weighted by Crippen LogP contribution is 2.23. The molecule has 36 heavy (non-hydrogen) atoms. The van der Waals surface area contributed by atoms with Gasteiger partial charge in [0.2, 0.25) is 0 Å². The van der Waals surface area contributed by atoms with E-state index in [9.17, 15) is 14.4 Å². The molecule has 0 fully saturated rings. The number of benzene rings is 2. The number of hydrogen-bond donors (Lipinski definition) is 4. The van der Waals surface area contributed by atoms with Crippen molar-refractivity contribution in [1.82, 2.24) is 10.9 Å².